The Morgan fingerprint density at radius 3 is 3.00 bits per heavy atom. The van der Waals surface area contributed by atoms with Crippen molar-refractivity contribution < 1.29 is 9.78 Å². The van der Waals surface area contributed by atoms with Gasteiger partial charge in [-0.15, -0.1) is 11.3 Å². The van der Waals surface area contributed by atoms with Crippen LogP contribution < -0.4 is 10.3 Å². The number of thioether (sulfide) groups is 1. The number of amides is 1. The summed E-state index contributed by atoms with van der Waals surface area (Å²) >= 11 is 3.05. The van der Waals surface area contributed by atoms with Crippen LogP contribution in [0.5, 0.6) is 0 Å². The normalized spacial score (nSPS) is 13.2. The molecule has 4 nitrogen and oxygen atoms in total. The number of fused-ring (bicyclic) bond motifs is 2. The summed E-state index contributed by atoms with van der Waals surface area (Å²) in [5.74, 6) is 0.233. The number of carbonyl (C=O) groups excluding carboxylic acids is 1. The quantitative estimate of drug-likeness (QED) is 0.662. The van der Waals surface area contributed by atoms with Crippen LogP contribution in [0.4, 0.5) is 5.00 Å². The lowest BCUT2D eigenvalue weighted by molar-refractivity contribution is -0.395. The van der Waals surface area contributed by atoms with Crippen LogP contribution in [-0.4, -0.2) is 11.7 Å². The zero-order chi connectivity index (χ0) is 18.8. The first-order valence-electron chi connectivity index (χ1n) is 9.04. The molecule has 1 amide bonds. The number of rotatable bonds is 4. The maximum absolute atomic E-state index is 12.5. The number of hydrogen-bond acceptors (Lipinski definition) is 4. The third-order valence-electron chi connectivity index (χ3n) is 4.85. The Kier molecular flexibility index (Phi) is 5.15. The number of carbonyl (C=O) groups is 1. The number of anilines is 1. The van der Waals surface area contributed by atoms with Crippen LogP contribution in [0.15, 0.2) is 35.4 Å². The molecule has 2 N–H and O–H groups in total. The summed E-state index contributed by atoms with van der Waals surface area (Å²) in [7, 11) is 0. The van der Waals surface area contributed by atoms with Crippen molar-refractivity contribution in [2.24, 2.45) is 0 Å². The highest BCUT2D eigenvalue weighted by Gasteiger charge is 2.22. The summed E-state index contributed by atoms with van der Waals surface area (Å²) in [6.07, 6.45) is 4.26. The van der Waals surface area contributed by atoms with Gasteiger partial charge in [-0.25, -0.2) is 0 Å². The minimum absolute atomic E-state index is 0.0747. The smallest absolute Gasteiger partial charge is 0.239 e. The lowest BCUT2D eigenvalue weighted by Crippen LogP contribution is -2.16. The number of hydrogen-bond donors (Lipinski definition) is 1. The standard InChI is InChI=1S/C21H19N3OS2/c1-13-10-20(23-17-8-4-2-6-14(13)17)26-12-19(25)24-21-16(11-22)15-7-3-5-9-18(15)27-21/h2,4,6,8,10H,3,5,7,9,12H2,1H3,(H,24,25)/p+1. The highest BCUT2D eigenvalue weighted by Crippen LogP contribution is 2.37. The number of nitriles is 1. The Bertz CT molecular complexity index is 1070. The van der Waals surface area contributed by atoms with E-state index in [9.17, 15) is 10.1 Å². The first kappa shape index (κ1) is 18.0. The van der Waals surface area contributed by atoms with Crippen LogP contribution in [-0.2, 0) is 17.6 Å². The molecule has 27 heavy (non-hydrogen) atoms. The summed E-state index contributed by atoms with van der Waals surface area (Å²) in [6.45, 7) is 2.08. The third kappa shape index (κ3) is 3.71. The Hall–Kier alpha value is -2.36. The van der Waals surface area contributed by atoms with Gasteiger partial charge in [0, 0.05) is 22.4 Å². The van der Waals surface area contributed by atoms with E-state index in [0.717, 1.165) is 35.4 Å². The molecule has 136 valence electrons. The fourth-order valence-electron chi connectivity index (χ4n) is 3.54. The maximum atomic E-state index is 12.5. The highest BCUT2D eigenvalue weighted by molar-refractivity contribution is 7.99. The predicted molar refractivity (Wildman–Crippen MR) is 110 cm³/mol. The zero-order valence-corrected chi connectivity index (χ0v) is 16.7. The average molecular weight is 395 g/mol. The van der Waals surface area contributed by atoms with E-state index >= 15 is 0 Å². The molecule has 0 radical (unpaired) electrons. The summed E-state index contributed by atoms with van der Waals surface area (Å²) < 4.78 is 0. The second-order valence-electron chi connectivity index (χ2n) is 6.73. The van der Waals surface area contributed by atoms with Crippen LogP contribution in [0.1, 0.15) is 34.4 Å². The molecule has 1 aliphatic rings. The van der Waals surface area contributed by atoms with Gasteiger partial charge in [0.05, 0.1) is 11.3 Å². The molecular weight excluding hydrogens is 374 g/mol. The number of para-hydroxylation sites is 1. The van der Waals surface area contributed by atoms with Gasteiger partial charge in [0.15, 0.2) is 0 Å². The molecule has 3 aromatic rings. The van der Waals surface area contributed by atoms with E-state index in [1.54, 1.807) is 11.3 Å². The molecule has 0 aliphatic heterocycles. The third-order valence-corrected chi connectivity index (χ3v) is 7.00. The van der Waals surface area contributed by atoms with Crippen LogP contribution in [0, 0.1) is 18.3 Å². The largest absolute Gasteiger partial charge is 0.316 e. The second-order valence-corrected chi connectivity index (χ2v) is 8.85. The van der Waals surface area contributed by atoms with Gasteiger partial charge < -0.3 is 5.32 Å². The van der Waals surface area contributed by atoms with Crippen molar-refractivity contribution in [1.82, 2.24) is 0 Å². The first-order chi connectivity index (χ1) is 13.2. The number of benzene rings is 1. The number of aromatic amines is 1. The zero-order valence-electron chi connectivity index (χ0n) is 15.1. The molecule has 0 spiro atoms. The molecule has 2 aromatic heterocycles. The average Bonchev–Trinajstić information content (AvgIpc) is 3.03. The van der Waals surface area contributed by atoms with E-state index in [0.29, 0.717) is 16.3 Å². The summed E-state index contributed by atoms with van der Waals surface area (Å²) in [6, 6.07) is 12.5. The van der Waals surface area contributed by atoms with Crippen molar-refractivity contribution in [3.8, 4) is 6.07 Å². The topological polar surface area (TPSA) is 67.0 Å². The van der Waals surface area contributed by atoms with Crippen LogP contribution in [0.3, 0.4) is 0 Å². The Morgan fingerprint density at radius 2 is 2.15 bits per heavy atom. The van der Waals surface area contributed by atoms with Crippen molar-refractivity contribution in [3.63, 3.8) is 0 Å². The number of nitrogens with zero attached hydrogens (tertiary/aromatic N) is 1. The van der Waals surface area contributed by atoms with Crippen molar-refractivity contribution in [2.45, 2.75) is 37.6 Å². The van der Waals surface area contributed by atoms with E-state index in [2.05, 4.69) is 35.4 Å². The number of aryl methyl sites for hydroxylation is 2. The predicted octanol–water partition coefficient (Wildman–Crippen LogP) is 4.51. The van der Waals surface area contributed by atoms with Gasteiger partial charge in [-0.05, 0) is 61.6 Å². The SMILES string of the molecule is Cc1cc(SCC(=O)Nc2sc3c(c2C#N)CCCC3)[nH+]c2ccccc12. The van der Waals surface area contributed by atoms with Gasteiger partial charge >= 0.3 is 0 Å². The number of nitrogens with one attached hydrogen (secondary N) is 2. The lowest BCUT2D eigenvalue weighted by Gasteiger charge is -2.09. The molecule has 0 unspecified atom stereocenters. The van der Waals surface area contributed by atoms with Gasteiger partial charge in [-0.3, -0.25) is 4.79 Å². The molecule has 0 atom stereocenters. The summed E-state index contributed by atoms with van der Waals surface area (Å²) in [5, 5.41) is 15.3. The number of H-pyrrole nitrogens is 1. The van der Waals surface area contributed by atoms with Gasteiger partial charge in [0.25, 0.3) is 0 Å². The second kappa shape index (κ2) is 7.71. The minimum Gasteiger partial charge on any atom is -0.316 e. The summed E-state index contributed by atoms with van der Waals surface area (Å²) in [4.78, 5) is 17.1. The van der Waals surface area contributed by atoms with Crippen molar-refractivity contribution >= 4 is 44.9 Å². The first-order valence-corrected chi connectivity index (χ1v) is 10.8. The van der Waals surface area contributed by atoms with Crippen LogP contribution in [0.2, 0.25) is 0 Å². The van der Waals surface area contributed by atoms with Crippen molar-refractivity contribution in [2.75, 3.05) is 11.1 Å². The van der Waals surface area contributed by atoms with Gasteiger partial charge in [0.1, 0.15) is 11.1 Å². The fourth-order valence-corrected chi connectivity index (χ4v) is 5.59. The molecule has 6 heteroatoms. The van der Waals surface area contributed by atoms with Crippen molar-refractivity contribution in [1.29, 1.82) is 5.26 Å². The number of aromatic nitrogens is 1. The van der Waals surface area contributed by atoms with E-state index in [1.165, 1.54) is 34.0 Å². The van der Waals surface area contributed by atoms with E-state index in [1.807, 2.05) is 18.2 Å². The van der Waals surface area contributed by atoms with E-state index in [4.69, 9.17) is 0 Å². The Balaban J connectivity index is 1.46. The van der Waals surface area contributed by atoms with Crippen LogP contribution >= 0.6 is 23.1 Å². The molecule has 0 bridgehead atoms. The van der Waals surface area contributed by atoms with Crippen molar-refractivity contribution in [3.05, 3.63) is 51.9 Å². The molecular formula is C21H20N3OS2+. The van der Waals surface area contributed by atoms with Crippen LogP contribution in [0.25, 0.3) is 10.9 Å². The fraction of sp³-hybridized carbons (Fsp3) is 0.286. The molecule has 0 fully saturated rings. The molecule has 0 saturated carbocycles. The molecule has 0 saturated heterocycles. The van der Waals surface area contributed by atoms with Gasteiger partial charge in [-0.2, -0.15) is 10.2 Å². The van der Waals surface area contributed by atoms with E-state index < -0.39 is 0 Å². The minimum atomic E-state index is -0.0747. The van der Waals surface area contributed by atoms with Gasteiger partial charge in [0.2, 0.25) is 16.4 Å². The molecule has 1 aliphatic carbocycles. The monoisotopic (exact) mass is 394 g/mol. The number of pyridine rings is 1. The molecule has 2 heterocycles. The Morgan fingerprint density at radius 1 is 1.33 bits per heavy atom. The molecule has 1 aromatic carbocycles. The summed E-state index contributed by atoms with van der Waals surface area (Å²) in [5.41, 5.74) is 4.07. The van der Waals surface area contributed by atoms with Gasteiger partial charge in [-0.1, -0.05) is 12.1 Å². The lowest BCUT2D eigenvalue weighted by atomic mass is 9.96. The highest BCUT2D eigenvalue weighted by atomic mass is 32.2. The van der Waals surface area contributed by atoms with E-state index in [-0.39, 0.29) is 5.91 Å². The Labute approximate surface area is 166 Å². The maximum Gasteiger partial charge on any atom is 0.239 e. The number of thiophene rings is 1. The molecule has 4 rings (SSSR count).